The van der Waals surface area contributed by atoms with Crippen molar-refractivity contribution in [3.8, 4) is 0 Å². The topological polar surface area (TPSA) is 90.0 Å². The van der Waals surface area contributed by atoms with E-state index in [4.69, 9.17) is 4.74 Å². The Bertz CT molecular complexity index is 795. The molecule has 2 aliphatic heterocycles. The van der Waals surface area contributed by atoms with Crippen LogP contribution >= 0.6 is 0 Å². The second kappa shape index (κ2) is 6.62. The summed E-state index contributed by atoms with van der Waals surface area (Å²) in [6.45, 7) is -0.0496. The van der Waals surface area contributed by atoms with Gasteiger partial charge in [0, 0.05) is 0 Å². The van der Waals surface area contributed by atoms with Crippen molar-refractivity contribution in [3.05, 3.63) is 29.6 Å². The molecule has 0 saturated carbocycles. The molecule has 0 aromatic heterocycles. The van der Waals surface area contributed by atoms with Crippen molar-refractivity contribution >= 4 is 27.6 Å². The Morgan fingerprint density at radius 3 is 2.60 bits per heavy atom. The van der Waals surface area contributed by atoms with Crippen molar-refractivity contribution in [2.75, 3.05) is 30.1 Å². The van der Waals surface area contributed by atoms with Gasteiger partial charge in [0.15, 0.2) is 0 Å². The second-order valence-corrected chi connectivity index (χ2v) is 8.44. The normalized spacial score (nSPS) is 23.4. The third kappa shape index (κ3) is 3.60. The highest BCUT2D eigenvalue weighted by Crippen LogP contribution is 2.33. The standard InChI is InChI=1S/C16H18FNO6S/c1-23-15(19)14-9-18(16(20)24-14)11-2-3-12(13(17)8-11)10-4-6-25(21,22)7-5-10/h2-3,8,10,14H,4-7,9H2,1H3/t14-/m1/s1. The summed E-state index contributed by atoms with van der Waals surface area (Å²) in [7, 11) is -1.83. The Hall–Kier alpha value is -2.16. The first kappa shape index (κ1) is 17.7. The maximum Gasteiger partial charge on any atom is 0.415 e. The summed E-state index contributed by atoms with van der Waals surface area (Å²) in [5.41, 5.74) is 0.719. The Morgan fingerprint density at radius 2 is 2.00 bits per heavy atom. The number of hydrogen-bond donors (Lipinski definition) is 0. The molecule has 3 rings (SSSR count). The molecular formula is C16H18FNO6S. The monoisotopic (exact) mass is 371 g/mol. The van der Waals surface area contributed by atoms with Crippen LogP contribution in [0.25, 0.3) is 0 Å². The number of sulfone groups is 1. The van der Waals surface area contributed by atoms with Crippen LogP contribution in [0, 0.1) is 5.82 Å². The van der Waals surface area contributed by atoms with Crippen LogP contribution in [0.1, 0.15) is 24.3 Å². The van der Waals surface area contributed by atoms with Gasteiger partial charge in [-0.05, 0) is 36.5 Å². The minimum Gasteiger partial charge on any atom is -0.466 e. The number of amides is 1. The summed E-state index contributed by atoms with van der Waals surface area (Å²) < 4.78 is 47.0. The van der Waals surface area contributed by atoms with Gasteiger partial charge in [-0.25, -0.2) is 22.4 Å². The van der Waals surface area contributed by atoms with E-state index in [-0.39, 0.29) is 29.7 Å². The lowest BCUT2D eigenvalue weighted by Crippen LogP contribution is -2.28. The highest BCUT2D eigenvalue weighted by molar-refractivity contribution is 7.91. The van der Waals surface area contributed by atoms with E-state index in [0.29, 0.717) is 18.4 Å². The summed E-state index contributed by atoms with van der Waals surface area (Å²) in [5.74, 6) is -1.23. The predicted molar refractivity (Wildman–Crippen MR) is 86.7 cm³/mol. The molecule has 0 N–H and O–H groups in total. The van der Waals surface area contributed by atoms with Crippen LogP contribution in [0.2, 0.25) is 0 Å². The van der Waals surface area contributed by atoms with Crippen molar-refractivity contribution in [1.82, 2.24) is 0 Å². The van der Waals surface area contributed by atoms with E-state index in [1.165, 1.54) is 18.1 Å². The number of hydrogen-bond acceptors (Lipinski definition) is 6. The first-order valence-electron chi connectivity index (χ1n) is 7.86. The summed E-state index contributed by atoms with van der Waals surface area (Å²) in [6.07, 6.45) is -1.01. The van der Waals surface area contributed by atoms with Gasteiger partial charge >= 0.3 is 12.1 Å². The van der Waals surface area contributed by atoms with Crippen molar-refractivity contribution in [2.45, 2.75) is 24.9 Å². The highest BCUT2D eigenvalue weighted by Gasteiger charge is 2.38. The van der Waals surface area contributed by atoms with Crippen LogP contribution in [0.15, 0.2) is 18.2 Å². The molecule has 136 valence electrons. The number of anilines is 1. The molecule has 2 fully saturated rings. The molecule has 0 bridgehead atoms. The van der Waals surface area contributed by atoms with Crippen LogP contribution in [-0.2, 0) is 24.1 Å². The minimum atomic E-state index is -3.02. The lowest BCUT2D eigenvalue weighted by atomic mass is 9.93. The van der Waals surface area contributed by atoms with E-state index >= 15 is 0 Å². The average Bonchev–Trinajstić information content (AvgIpc) is 2.96. The van der Waals surface area contributed by atoms with E-state index in [1.807, 2.05) is 0 Å². The summed E-state index contributed by atoms with van der Waals surface area (Å²) in [6, 6.07) is 4.34. The number of nitrogens with zero attached hydrogens (tertiary/aromatic N) is 1. The van der Waals surface area contributed by atoms with Crippen molar-refractivity contribution < 1.29 is 31.9 Å². The van der Waals surface area contributed by atoms with Gasteiger partial charge in [-0.3, -0.25) is 4.90 Å². The predicted octanol–water partition coefficient (Wildman–Crippen LogP) is 1.62. The van der Waals surface area contributed by atoms with Crippen LogP contribution in [0.4, 0.5) is 14.9 Å². The zero-order chi connectivity index (χ0) is 18.2. The Morgan fingerprint density at radius 1 is 1.32 bits per heavy atom. The average molecular weight is 371 g/mol. The molecule has 1 amide bonds. The smallest absolute Gasteiger partial charge is 0.415 e. The first-order chi connectivity index (χ1) is 11.8. The van der Waals surface area contributed by atoms with E-state index < -0.39 is 33.8 Å². The molecule has 1 aromatic rings. The fourth-order valence-electron chi connectivity index (χ4n) is 3.14. The number of esters is 1. The Kier molecular flexibility index (Phi) is 4.68. The molecular weight excluding hydrogens is 353 g/mol. The Balaban J connectivity index is 1.76. The van der Waals surface area contributed by atoms with Gasteiger partial charge in [0.2, 0.25) is 6.10 Å². The summed E-state index contributed by atoms with van der Waals surface area (Å²) in [5, 5.41) is 0. The highest BCUT2D eigenvalue weighted by atomic mass is 32.2. The van der Waals surface area contributed by atoms with E-state index in [0.717, 1.165) is 0 Å². The Labute approximate surface area is 144 Å². The molecule has 0 spiro atoms. The number of cyclic esters (lactones) is 1. The quantitative estimate of drug-likeness (QED) is 0.750. The molecule has 0 unspecified atom stereocenters. The molecule has 9 heteroatoms. The van der Waals surface area contributed by atoms with Gasteiger partial charge < -0.3 is 9.47 Å². The number of ether oxygens (including phenoxy) is 2. The van der Waals surface area contributed by atoms with Gasteiger partial charge in [-0.15, -0.1) is 0 Å². The molecule has 1 aromatic carbocycles. The van der Waals surface area contributed by atoms with Crippen LogP contribution < -0.4 is 4.90 Å². The number of halogens is 1. The zero-order valence-electron chi connectivity index (χ0n) is 13.6. The summed E-state index contributed by atoms with van der Waals surface area (Å²) >= 11 is 0. The second-order valence-electron chi connectivity index (χ2n) is 6.14. The van der Waals surface area contributed by atoms with Gasteiger partial charge in [-0.2, -0.15) is 0 Å². The third-order valence-electron chi connectivity index (χ3n) is 4.57. The van der Waals surface area contributed by atoms with Crippen LogP contribution in [-0.4, -0.2) is 51.7 Å². The number of methoxy groups -OCH3 is 1. The number of benzene rings is 1. The van der Waals surface area contributed by atoms with E-state index in [2.05, 4.69) is 4.74 Å². The maximum absolute atomic E-state index is 14.5. The number of carbonyl (C=O) groups excluding carboxylic acids is 2. The molecule has 25 heavy (non-hydrogen) atoms. The lowest BCUT2D eigenvalue weighted by molar-refractivity contribution is -0.148. The van der Waals surface area contributed by atoms with Gasteiger partial charge in [0.1, 0.15) is 15.7 Å². The van der Waals surface area contributed by atoms with Crippen LogP contribution in [0.5, 0.6) is 0 Å². The fourth-order valence-corrected chi connectivity index (χ4v) is 4.64. The lowest BCUT2D eigenvalue weighted by Gasteiger charge is -2.23. The first-order valence-corrected chi connectivity index (χ1v) is 9.69. The molecule has 0 radical (unpaired) electrons. The van der Waals surface area contributed by atoms with Gasteiger partial charge in [0.05, 0.1) is 30.8 Å². The molecule has 7 nitrogen and oxygen atoms in total. The SMILES string of the molecule is COC(=O)[C@H]1CN(c2ccc(C3CCS(=O)(=O)CC3)c(F)c2)C(=O)O1. The van der Waals surface area contributed by atoms with Crippen molar-refractivity contribution in [2.24, 2.45) is 0 Å². The van der Waals surface area contributed by atoms with Gasteiger partial charge in [0.25, 0.3) is 0 Å². The molecule has 2 aliphatic rings. The fraction of sp³-hybridized carbons (Fsp3) is 0.500. The molecule has 2 heterocycles. The molecule has 1 atom stereocenters. The number of rotatable bonds is 3. The van der Waals surface area contributed by atoms with Gasteiger partial charge in [-0.1, -0.05) is 6.07 Å². The van der Waals surface area contributed by atoms with E-state index in [9.17, 15) is 22.4 Å². The minimum absolute atomic E-state index is 0.0496. The number of carbonyl (C=O) groups is 2. The van der Waals surface area contributed by atoms with Crippen molar-refractivity contribution in [3.63, 3.8) is 0 Å². The van der Waals surface area contributed by atoms with Crippen molar-refractivity contribution in [1.29, 1.82) is 0 Å². The van der Waals surface area contributed by atoms with Crippen LogP contribution in [0.3, 0.4) is 0 Å². The largest absolute Gasteiger partial charge is 0.466 e. The summed E-state index contributed by atoms with van der Waals surface area (Å²) in [4.78, 5) is 24.5. The van der Waals surface area contributed by atoms with E-state index in [1.54, 1.807) is 12.1 Å². The molecule has 0 aliphatic carbocycles. The molecule has 2 saturated heterocycles. The maximum atomic E-state index is 14.5. The zero-order valence-corrected chi connectivity index (χ0v) is 14.4. The third-order valence-corrected chi connectivity index (χ3v) is 6.28.